The van der Waals surface area contributed by atoms with Crippen LogP contribution in [0.15, 0.2) is 54.6 Å². The van der Waals surface area contributed by atoms with Crippen LogP contribution in [0.5, 0.6) is 0 Å². The van der Waals surface area contributed by atoms with Gasteiger partial charge in [0, 0.05) is 6.54 Å². The quantitative estimate of drug-likeness (QED) is 0.675. The summed E-state index contributed by atoms with van der Waals surface area (Å²) in [5.74, 6) is -1.25. The van der Waals surface area contributed by atoms with Gasteiger partial charge >= 0.3 is 0 Å². The second-order valence-electron chi connectivity index (χ2n) is 5.61. The Morgan fingerprint density at radius 1 is 1.12 bits per heavy atom. The standard InChI is InChI=1S/C18H21FN2O4S/c1-26(23,24)21(17-10-6-5-9-16(17)19)13-18(22)20-11-12-25-14-15-7-3-2-4-8-15/h2-10H,11-14H2,1H3,(H,20,22). The van der Waals surface area contributed by atoms with Crippen molar-refractivity contribution in [1.82, 2.24) is 5.32 Å². The molecule has 0 unspecified atom stereocenters. The van der Waals surface area contributed by atoms with E-state index in [-0.39, 0.29) is 18.8 Å². The van der Waals surface area contributed by atoms with Gasteiger partial charge < -0.3 is 10.1 Å². The fourth-order valence-corrected chi connectivity index (χ4v) is 3.11. The molecule has 0 aliphatic heterocycles. The Balaban J connectivity index is 1.83. The van der Waals surface area contributed by atoms with Crippen LogP contribution in [-0.2, 0) is 26.2 Å². The van der Waals surface area contributed by atoms with Crippen LogP contribution in [0.1, 0.15) is 5.56 Å². The highest BCUT2D eigenvalue weighted by molar-refractivity contribution is 7.92. The number of hydrogen-bond donors (Lipinski definition) is 1. The molecular formula is C18H21FN2O4S. The number of carbonyl (C=O) groups excluding carboxylic acids is 1. The molecule has 0 bridgehead atoms. The Morgan fingerprint density at radius 3 is 2.42 bits per heavy atom. The molecule has 2 rings (SSSR count). The summed E-state index contributed by atoms with van der Waals surface area (Å²) < 4.78 is 43.9. The first-order chi connectivity index (χ1) is 12.4. The molecular weight excluding hydrogens is 359 g/mol. The number of benzene rings is 2. The van der Waals surface area contributed by atoms with Gasteiger partial charge in [-0.3, -0.25) is 9.10 Å². The van der Waals surface area contributed by atoms with Crippen LogP contribution in [0.25, 0.3) is 0 Å². The highest BCUT2D eigenvalue weighted by Crippen LogP contribution is 2.20. The molecule has 2 aromatic carbocycles. The van der Waals surface area contributed by atoms with Crippen molar-refractivity contribution in [3.8, 4) is 0 Å². The number of rotatable bonds is 9. The lowest BCUT2D eigenvalue weighted by molar-refractivity contribution is -0.119. The smallest absolute Gasteiger partial charge is 0.240 e. The number of sulfonamides is 1. The molecule has 0 saturated heterocycles. The average Bonchev–Trinajstić information content (AvgIpc) is 2.60. The fourth-order valence-electron chi connectivity index (χ4n) is 2.25. The van der Waals surface area contributed by atoms with Gasteiger partial charge in [0.25, 0.3) is 0 Å². The molecule has 6 nitrogen and oxygen atoms in total. The van der Waals surface area contributed by atoms with Crippen molar-refractivity contribution < 1.29 is 22.3 Å². The van der Waals surface area contributed by atoms with E-state index in [0.29, 0.717) is 6.61 Å². The van der Waals surface area contributed by atoms with Crippen molar-refractivity contribution in [3.05, 3.63) is 66.0 Å². The molecule has 0 spiro atoms. The number of ether oxygens (including phenoxy) is 1. The van der Waals surface area contributed by atoms with Crippen molar-refractivity contribution in [2.24, 2.45) is 0 Å². The van der Waals surface area contributed by atoms with Crippen LogP contribution in [0.2, 0.25) is 0 Å². The maximum absolute atomic E-state index is 13.9. The third-order valence-corrected chi connectivity index (χ3v) is 4.62. The third kappa shape index (κ3) is 6.12. The number of para-hydroxylation sites is 1. The van der Waals surface area contributed by atoms with Crippen molar-refractivity contribution in [2.75, 3.05) is 30.3 Å². The number of halogens is 1. The summed E-state index contributed by atoms with van der Waals surface area (Å²) in [4.78, 5) is 12.0. The average molecular weight is 380 g/mol. The van der Waals surface area contributed by atoms with E-state index in [1.54, 1.807) is 0 Å². The van der Waals surface area contributed by atoms with Crippen LogP contribution in [-0.4, -0.2) is 40.3 Å². The predicted octanol–water partition coefficient (Wildman–Crippen LogP) is 1.92. The SMILES string of the molecule is CS(=O)(=O)N(CC(=O)NCCOCc1ccccc1)c1ccccc1F. The number of anilines is 1. The van der Waals surface area contributed by atoms with E-state index < -0.39 is 28.3 Å². The highest BCUT2D eigenvalue weighted by Gasteiger charge is 2.23. The van der Waals surface area contributed by atoms with Crippen molar-refractivity contribution >= 4 is 21.6 Å². The summed E-state index contributed by atoms with van der Waals surface area (Å²) in [5, 5.41) is 2.57. The van der Waals surface area contributed by atoms with Crippen LogP contribution in [0.4, 0.5) is 10.1 Å². The molecule has 0 saturated carbocycles. The molecule has 0 fully saturated rings. The number of amides is 1. The Hall–Kier alpha value is -2.45. The predicted molar refractivity (Wildman–Crippen MR) is 97.7 cm³/mol. The summed E-state index contributed by atoms with van der Waals surface area (Å²) in [6.45, 7) is 0.416. The fraction of sp³-hybridized carbons (Fsp3) is 0.278. The van der Waals surface area contributed by atoms with Gasteiger partial charge in [-0.05, 0) is 17.7 Å². The van der Waals surface area contributed by atoms with Crippen LogP contribution >= 0.6 is 0 Å². The van der Waals surface area contributed by atoms with Crippen molar-refractivity contribution in [2.45, 2.75) is 6.61 Å². The Bertz CT molecular complexity index is 828. The molecule has 0 atom stereocenters. The lowest BCUT2D eigenvalue weighted by atomic mass is 10.2. The highest BCUT2D eigenvalue weighted by atomic mass is 32.2. The molecule has 1 amide bonds. The van der Waals surface area contributed by atoms with Crippen molar-refractivity contribution in [1.29, 1.82) is 0 Å². The molecule has 0 aliphatic rings. The zero-order chi connectivity index (χ0) is 19.0. The largest absolute Gasteiger partial charge is 0.375 e. The molecule has 8 heteroatoms. The lowest BCUT2D eigenvalue weighted by Crippen LogP contribution is -2.41. The number of carbonyl (C=O) groups is 1. The molecule has 2 aromatic rings. The van der Waals surface area contributed by atoms with Gasteiger partial charge in [-0.2, -0.15) is 0 Å². The second kappa shape index (κ2) is 9.30. The van der Waals surface area contributed by atoms with E-state index >= 15 is 0 Å². The van der Waals surface area contributed by atoms with Gasteiger partial charge in [0.2, 0.25) is 15.9 Å². The molecule has 26 heavy (non-hydrogen) atoms. The van der Waals surface area contributed by atoms with E-state index in [0.717, 1.165) is 22.2 Å². The third-order valence-electron chi connectivity index (χ3n) is 3.49. The second-order valence-corrected chi connectivity index (χ2v) is 7.52. The Morgan fingerprint density at radius 2 is 1.77 bits per heavy atom. The Kier molecular flexibility index (Phi) is 7.11. The van der Waals surface area contributed by atoms with Gasteiger partial charge in [-0.1, -0.05) is 42.5 Å². The van der Waals surface area contributed by atoms with Crippen LogP contribution in [0, 0.1) is 5.82 Å². The number of hydrogen-bond acceptors (Lipinski definition) is 4. The van der Waals surface area contributed by atoms with Crippen LogP contribution in [0.3, 0.4) is 0 Å². The summed E-state index contributed by atoms with van der Waals surface area (Å²) >= 11 is 0. The van der Waals surface area contributed by atoms with Gasteiger partial charge in [0.1, 0.15) is 12.4 Å². The molecule has 0 radical (unpaired) electrons. The summed E-state index contributed by atoms with van der Waals surface area (Å²) in [6.07, 6.45) is 0.926. The molecule has 0 heterocycles. The Labute approximate surface area is 152 Å². The molecule has 0 aromatic heterocycles. The van der Waals surface area contributed by atoms with Gasteiger partial charge in [0.15, 0.2) is 0 Å². The lowest BCUT2D eigenvalue weighted by Gasteiger charge is -2.22. The normalized spacial score (nSPS) is 11.2. The van der Waals surface area contributed by atoms with Crippen LogP contribution < -0.4 is 9.62 Å². The van der Waals surface area contributed by atoms with E-state index in [1.807, 2.05) is 30.3 Å². The zero-order valence-corrected chi connectivity index (χ0v) is 15.2. The van der Waals surface area contributed by atoms with E-state index in [9.17, 15) is 17.6 Å². The maximum Gasteiger partial charge on any atom is 0.240 e. The summed E-state index contributed by atoms with van der Waals surface area (Å²) in [6, 6.07) is 15.0. The first kappa shape index (κ1) is 19.9. The van der Waals surface area contributed by atoms with E-state index in [4.69, 9.17) is 4.74 Å². The maximum atomic E-state index is 13.9. The number of nitrogens with zero attached hydrogens (tertiary/aromatic N) is 1. The molecule has 1 N–H and O–H groups in total. The van der Waals surface area contributed by atoms with Gasteiger partial charge in [-0.25, -0.2) is 12.8 Å². The zero-order valence-electron chi connectivity index (χ0n) is 14.4. The first-order valence-corrected chi connectivity index (χ1v) is 9.83. The molecule has 0 aliphatic carbocycles. The monoisotopic (exact) mass is 380 g/mol. The van der Waals surface area contributed by atoms with E-state index in [2.05, 4.69) is 5.32 Å². The number of nitrogens with one attached hydrogen (secondary N) is 1. The minimum absolute atomic E-state index is 0.162. The van der Waals surface area contributed by atoms with Crippen molar-refractivity contribution in [3.63, 3.8) is 0 Å². The van der Waals surface area contributed by atoms with E-state index in [1.165, 1.54) is 18.2 Å². The van der Waals surface area contributed by atoms with Gasteiger partial charge in [0.05, 0.1) is 25.2 Å². The minimum atomic E-state index is -3.81. The topological polar surface area (TPSA) is 75.7 Å². The summed E-state index contributed by atoms with van der Waals surface area (Å²) in [7, 11) is -3.81. The molecule has 140 valence electrons. The van der Waals surface area contributed by atoms with Gasteiger partial charge in [-0.15, -0.1) is 0 Å². The minimum Gasteiger partial charge on any atom is -0.375 e. The summed E-state index contributed by atoms with van der Waals surface area (Å²) in [5.41, 5.74) is 0.854. The first-order valence-electron chi connectivity index (χ1n) is 7.98.